The lowest BCUT2D eigenvalue weighted by atomic mass is 10.3. The van der Waals surface area contributed by atoms with Crippen molar-refractivity contribution in [2.75, 3.05) is 19.7 Å². The van der Waals surface area contributed by atoms with Crippen LogP contribution in [0.25, 0.3) is 0 Å². The largest absolute Gasteiger partial charge is 0.573 e. The van der Waals surface area contributed by atoms with Gasteiger partial charge in [0.25, 0.3) is 0 Å². The van der Waals surface area contributed by atoms with E-state index in [0.717, 1.165) is 16.4 Å². The van der Waals surface area contributed by atoms with Crippen LogP contribution in [-0.4, -0.2) is 43.9 Å². The second kappa shape index (κ2) is 6.42. The van der Waals surface area contributed by atoms with E-state index in [2.05, 4.69) is 4.74 Å². The van der Waals surface area contributed by atoms with Gasteiger partial charge in [0, 0.05) is 13.1 Å². The monoisotopic (exact) mass is 313 g/mol. The zero-order chi connectivity index (χ0) is 15.4. The average molecular weight is 313 g/mol. The number of aliphatic hydroxyl groups excluding tert-OH is 1. The van der Waals surface area contributed by atoms with E-state index in [4.69, 9.17) is 5.11 Å². The second-order valence-corrected chi connectivity index (χ2v) is 5.62. The van der Waals surface area contributed by atoms with Gasteiger partial charge in [0.1, 0.15) is 10.6 Å². The molecule has 1 N–H and O–H groups in total. The van der Waals surface area contributed by atoms with Gasteiger partial charge in [0.05, 0.1) is 6.61 Å². The molecule has 0 heterocycles. The fourth-order valence-corrected chi connectivity index (χ4v) is 3.13. The van der Waals surface area contributed by atoms with Crippen LogP contribution in [0.1, 0.15) is 6.92 Å². The summed E-state index contributed by atoms with van der Waals surface area (Å²) in [6.07, 6.45) is -4.99. The van der Waals surface area contributed by atoms with Crippen LogP contribution < -0.4 is 4.74 Å². The van der Waals surface area contributed by atoms with Gasteiger partial charge in [0.15, 0.2) is 0 Å². The third-order valence-electron chi connectivity index (χ3n) is 2.39. The van der Waals surface area contributed by atoms with Crippen LogP contribution >= 0.6 is 0 Å². The summed E-state index contributed by atoms with van der Waals surface area (Å²) in [5.74, 6) is -0.795. The number of ether oxygens (including phenoxy) is 1. The number of hydrogen-bond acceptors (Lipinski definition) is 4. The van der Waals surface area contributed by atoms with Crippen molar-refractivity contribution in [3.63, 3.8) is 0 Å². The van der Waals surface area contributed by atoms with Crippen molar-refractivity contribution >= 4 is 10.0 Å². The molecule has 0 spiro atoms. The van der Waals surface area contributed by atoms with Crippen molar-refractivity contribution in [2.24, 2.45) is 0 Å². The number of rotatable bonds is 6. The molecule has 0 saturated carbocycles. The first-order valence-electron chi connectivity index (χ1n) is 5.68. The maximum atomic E-state index is 12.3. The van der Waals surface area contributed by atoms with E-state index >= 15 is 0 Å². The van der Waals surface area contributed by atoms with Crippen molar-refractivity contribution < 1.29 is 31.4 Å². The first-order chi connectivity index (χ1) is 9.22. The minimum atomic E-state index is -4.99. The molecule has 0 saturated heterocycles. The SMILES string of the molecule is CCN(CCO)S(=O)(=O)c1ccccc1OC(F)(F)F. The molecule has 0 atom stereocenters. The Hall–Kier alpha value is -1.32. The van der Waals surface area contributed by atoms with Gasteiger partial charge in [-0.05, 0) is 12.1 Å². The Morgan fingerprint density at radius 1 is 1.30 bits per heavy atom. The summed E-state index contributed by atoms with van der Waals surface area (Å²) in [5.41, 5.74) is 0. The summed E-state index contributed by atoms with van der Waals surface area (Å²) in [5, 5.41) is 8.82. The van der Waals surface area contributed by atoms with Crippen LogP contribution in [0.5, 0.6) is 5.75 Å². The van der Waals surface area contributed by atoms with Gasteiger partial charge in [0.2, 0.25) is 10.0 Å². The first-order valence-corrected chi connectivity index (χ1v) is 7.12. The minimum Gasteiger partial charge on any atom is -0.404 e. The van der Waals surface area contributed by atoms with Crippen LogP contribution in [0, 0.1) is 0 Å². The molecule has 0 aromatic heterocycles. The van der Waals surface area contributed by atoms with Crippen LogP contribution in [0.2, 0.25) is 0 Å². The Morgan fingerprint density at radius 3 is 2.40 bits per heavy atom. The Kier molecular flexibility index (Phi) is 5.37. The molecule has 0 unspecified atom stereocenters. The molecule has 0 radical (unpaired) electrons. The quantitative estimate of drug-likeness (QED) is 0.866. The van der Waals surface area contributed by atoms with E-state index in [1.54, 1.807) is 0 Å². The summed E-state index contributed by atoms with van der Waals surface area (Å²) in [4.78, 5) is -0.590. The van der Waals surface area contributed by atoms with E-state index in [9.17, 15) is 21.6 Å². The van der Waals surface area contributed by atoms with Gasteiger partial charge in [-0.3, -0.25) is 0 Å². The predicted molar refractivity (Wildman–Crippen MR) is 64.6 cm³/mol. The highest BCUT2D eigenvalue weighted by Gasteiger charge is 2.35. The molecule has 0 aliphatic rings. The van der Waals surface area contributed by atoms with Crippen molar-refractivity contribution in [1.82, 2.24) is 4.31 Å². The molecule has 1 aromatic carbocycles. The van der Waals surface area contributed by atoms with Crippen LogP contribution in [-0.2, 0) is 10.0 Å². The summed E-state index contributed by atoms with van der Waals surface area (Å²) < 4.78 is 65.9. The van der Waals surface area contributed by atoms with Gasteiger partial charge in [-0.15, -0.1) is 13.2 Å². The van der Waals surface area contributed by atoms with Gasteiger partial charge in [-0.25, -0.2) is 8.42 Å². The third kappa shape index (κ3) is 4.09. The topological polar surface area (TPSA) is 66.8 Å². The lowest BCUT2D eigenvalue weighted by Gasteiger charge is -2.21. The van der Waals surface area contributed by atoms with Crippen LogP contribution in [0.3, 0.4) is 0 Å². The maximum absolute atomic E-state index is 12.3. The van der Waals surface area contributed by atoms with Gasteiger partial charge >= 0.3 is 6.36 Å². The number of likely N-dealkylation sites (N-methyl/N-ethyl adjacent to an activating group) is 1. The fourth-order valence-electron chi connectivity index (χ4n) is 1.57. The second-order valence-electron chi connectivity index (χ2n) is 3.71. The maximum Gasteiger partial charge on any atom is 0.573 e. The average Bonchev–Trinajstić information content (AvgIpc) is 2.34. The summed E-state index contributed by atoms with van der Waals surface area (Å²) in [6, 6.07) is 4.48. The van der Waals surface area contributed by atoms with E-state index in [-0.39, 0.29) is 13.1 Å². The molecule has 114 valence electrons. The molecule has 1 rings (SSSR count). The number of hydrogen-bond donors (Lipinski definition) is 1. The number of aliphatic hydroxyl groups is 1. The summed E-state index contributed by atoms with van der Waals surface area (Å²) >= 11 is 0. The molecular formula is C11H14F3NO4S. The van der Waals surface area contributed by atoms with Crippen LogP contribution in [0.4, 0.5) is 13.2 Å². The zero-order valence-electron chi connectivity index (χ0n) is 10.6. The van der Waals surface area contributed by atoms with Crippen molar-refractivity contribution in [1.29, 1.82) is 0 Å². The van der Waals surface area contributed by atoms with Crippen molar-refractivity contribution in [3.05, 3.63) is 24.3 Å². The molecule has 0 aliphatic carbocycles. The van der Waals surface area contributed by atoms with Crippen LogP contribution in [0.15, 0.2) is 29.2 Å². The third-order valence-corrected chi connectivity index (χ3v) is 4.41. The number of nitrogens with zero attached hydrogens (tertiary/aromatic N) is 1. The Labute approximate surface area is 114 Å². The molecule has 5 nitrogen and oxygen atoms in total. The molecule has 0 aliphatic heterocycles. The van der Waals surface area contributed by atoms with E-state index in [0.29, 0.717) is 0 Å². The summed E-state index contributed by atoms with van der Waals surface area (Å²) in [7, 11) is -4.17. The van der Waals surface area contributed by atoms with Gasteiger partial charge < -0.3 is 9.84 Å². The highest BCUT2D eigenvalue weighted by Crippen LogP contribution is 2.31. The zero-order valence-corrected chi connectivity index (χ0v) is 11.4. The number of alkyl halides is 3. The van der Waals surface area contributed by atoms with Crippen molar-refractivity contribution in [2.45, 2.75) is 18.2 Å². The molecular weight excluding hydrogens is 299 g/mol. The van der Waals surface area contributed by atoms with E-state index < -0.39 is 33.6 Å². The van der Waals surface area contributed by atoms with E-state index in [1.165, 1.54) is 19.1 Å². The predicted octanol–water partition coefficient (Wildman–Crippen LogP) is 1.59. The van der Waals surface area contributed by atoms with Crippen molar-refractivity contribution in [3.8, 4) is 5.75 Å². The molecule has 0 bridgehead atoms. The molecule has 9 heteroatoms. The molecule has 0 amide bonds. The normalized spacial score (nSPS) is 12.7. The highest BCUT2D eigenvalue weighted by molar-refractivity contribution is 7.89. The number of para-hydroxylation sites is 1. The van der Waals surface area contributed by atoms with Gasteiger partial charge in [-0.2, -0.15) is 4.31 Å². The highest BCUT2D eigenvalue weighted by atomic mass is 32.2. The smallest absolute Gasteiger partial charge is 0.404 e. The first kappa shape index (κ1) is 16.7. The lowest BCUT2D eigenvalue weighted by molar-refractivity contribution is -0.275. The van der Waals surface area contributed by atoms with E-state index in [1.807, 2.05) is 0 Å². The molecule has 1 aromatic rings. The Bertz CT molecular complexity index is 545. The fraction of sp³-hybridized carbons (Fsp3) is 0.455. The summed E-state index contributed by atoms with van der Waals surface area (Å²) in [6.45, 7) is 0.887. The number of benzene rings is 1. The van der Waals surface area contributed by atoms with Gasteiger partial charge in [-0.1, -0.05) is 19.1 Å². The molecule has 0 fully saturated rings. The Morgan fingerprint density at radius 2 is 1.90 bits per heavy atom. The number of sulfonamides is 1. The Balaban J connectivity index is 3.24. The minimum absolute atomic E-state index is 0.0171. The molecule has 20 heavy (non-hydrogen) atoms. The number of halogens is 3. The lowest BCUT2D eigenvalue weighted by Crippen LogP contribution is -2.34. The standard InChI is InChI=1S/C11H14F3NO4S/c1-2-15(7-8-16)20(17,18)10-6-4-3-5-9(10)19-11(12,13)14/h3-6,16H,2,7-8H2,1H3.